The van der Waals surface area contributed by atoms with Crippen molar-refractivity contribution >= 4 is 69.1 Å². The van der Waals surface area contributed by atoms with Gasteiger partial charge in [-0.15, -0.1) is 22.7 Å². The molecule has 2 aliphatic rings. The Morgan fingerprint density at radius 3 is 2.15 bits per heavy atom. The van der Waals surface area contributed by atoms with Crippen LogP contribution < -0.4 is 10.6 Å². The number of fused-ring (bicyclic) bond motifs is 6. The van der Waals surface area contributed by atoms with Crippen LogP contribution >= 0.6 is 45.9 Å². The minimum Gasteiger partial charge on any atom is -0.324 e. The summed E-state index contributed by atoms with van der Waals surface area (Å²) in [6.45, 7) is 0. The van der Waals surface area contributed by atoms with Crippen LogP contribution in [0.4, 0.5) is 23.3 Å². The number of hydrogen-bond donors (Lipinski definition) is 2. The summed E-state index contributed by atoms with van der Waals surface area (Å²) in [7, 11) is 5.81. The first-order valence-electron chi connectivity index (χ1n) is 17.3. The highest BCUT2D eigenvalue weighted by atomic mass is 35.5. The van der Waals surface area contributed by atoms with Crippen LogP contribution in [0.25, 0.3) is 54.2 Å². The Bertz CT molecular complexity index is 2760. The monoisotopic (exact) mass is 788 g/mol. The lowest BCUT2D eigenvalue weighted by Gasteiger charge is -2.20. The highest BCUT2D eigenvalue weighted by molar-refractivity contribution is 7.19. The van der Waals surface area contributed by atoms with E-state index in [1.165, 1.54) is 0 Å². The van der Waals surface area contributed by atoms with Crippen molar-refractivity contribution in [3.05, 3.63) is 99.0 Å². The zero-order valence-electron chi connectivity index (χ0n) is 29.2. The van der Waals surface area contributed by atoms with Crippen LogP contribution in [0, 0.1) is 0 Å². The zero-order chi connectivity index (χ0) is 36.7. The summed E-state index contributed by atoms with van der Waals surface area (Å²) in [4.78, 5) is 22.8. The fraction of sp³-hybridized carbons (Fsp3) is 0.184. The zero-order valence-corrected chi connectivity index (χ0v) is 32.4. The predicted octanol–water partition coefficient (Wildman–Crippen LogP) is 8.92. The molecule has 1 aromatic carbocycles. The predicted molar refractivity (Wildman–Crippen MR) is 215 cm³/mol. The van der Waals surface area contributed by atoms with Crippen molar-refractivity contribution in [1.82, 2.24) is 49.3 Å². The number of halogens is 2. The molecule has 0 saturated carbocycles. The lowest BCUT2D eigenvalue weighted by atomic mass is 9.90. The molecule has 0 amide bonds. The van der Waals surface area contributed by atoms with Gasteiger partial charge in [0.25, 0.3) is 0 Å². The Morgan fingerprint density at radius 1 is 0.704 bits per heavy atom. The van der Waals surface area contributed by atoms with E-state index >= 15 is 0 Å². The van der Waals surface area contributed by atoms with Crippen LogP contribution in [0.15, 0.2) is 66.4 Å². The molecule has 0 bridgehead atoms. The number of aryl methyl sites for hydroxylation is 6. The van der Waals surface area contributed by atoms with Gasteiger partial charge in [0, 0.05) is 44.8 Å². The summed E-state index contributed by atoms with van der Waals surface area (Å²) >= 11 is 17.2. The summed E-state index contributed by atoms with van der Waals surface area (Å²) in [5.41, 5.74) is 12.1. The first kappa shape index (κ1) is 33.2. The van der Waals surface area contributed by atoms with Crippen molar-refractivity contribution in [2.75, 3.05) is 10.6 Å². The van der Waals surface area contributed by atoms with Crippen molar-refractivity contribution in [3.8, 4) is 54.2 Å². The fourth-order valence-corrected chi connectivity index (χ4v) is 10.2. The molecule has 7 aromatic heterocycles. The lowest BCUT2D eigenvalue weighted by molar-refractivity contribution is 0.742. The summed E-state index contributed by atoms with van der Waals surface area (Å²) in [5, 5.41) is 24.3. The Morgan fingerprint density at radius 2 is 1.41 bits per heavy atom. The number of anilines is 4. The minimum absolute atomic E-state index is 0.484. The third-order valence-corrected chi connectivity index (χ3v) is 12.7. The lowest BCUT2D eigenvalue weighted by Crippen LogP contribution is -2.11. The number of nitrogens with zero attached hydrogens (tertiary/aromatic N) is 10. The molecule has 54 heavy (non-hydrogen) atoms. The molecule has 2 N–H and O–H groups in total. The van der Waals surface area contributed by atoms with Gasteiger partial charge in [-0.2, -0.15) is 15.3 Å². The molecule has 10 rings (SSSR count). The Labute approximate surface area is 327 Å². The number of benzene rings is 1. The third-order valence-electron chi connectivity index (χ3n) is 9.79. The van der Waals surface area contributed by atoms with E-state index < -0.39 is 0 Å². The fourth-order valence-electron chi connectivity index (χ4n) is 7.45. The second-order valence-electron chi connectivity index (χ2n) is 13.3. The summed E-state index contributed by atoms with van der Waals surface area (Å²) in [5.74, 6) is 0.976. The van der Waals surface area contributed by atoms with Gasteiger partial charge in [0.05, 0.1) is 87.5 Å². The Kier molecular flexibility index (Phi) is 7.91. The SMILES string of the molecule is Cn1cc(Nc2ncc3c(n2)-c2c(nn(C)c2-c2sc(-c4nc(Nc5ccccc5)nc5c4CCc4nn(C)c(-c6sccc6Cl)c4-5)cc2Cl)CC3)cn1. The van der Waals surface area contributed by atoms with E-state index in [-0.39, 0.29) is 0 Å². The largest absolute Gasteiger partial charge is 0.324 e. The van der Waals surface area contributed by atoms with E-state index in [0.717, 1.165) is 114 Å². The van der Waals surface area contributed by atoms with Gasteiger partial charge < -0.3 is 10.6 Å². The molecule has 0 saturated heterocycles. The highest BCUT2D eigenvalue weighted by Gasteiger charge is 2.33. The minimum atomic E-state index is 0.484. The summed E-state index contributed by atoms with van der Waals surface area (Å²) < 4.78 is 5.58. The highest BCUT2D eigenvalue weighted by Crippen LogP contribution is 2.50. The van der Waals surface area contributed by atoms with E-state index in [0.29, 0.717) is 21.9 Å². The molecule has 0 fully saturated rings. The summed E-state index contributed by atoms with van der Waals surface area (Å²) in [6, 6.07) is 13.9. The summed E-state index contributed by atoms with van der Waals surface area (Å²) in [6.07, 6.45) is 8.58. The van der Waals surface area contributed by atoms with Crippen LogP contribution in [0.1, 0.15) is 22.5 Å². The molecule has 0 atom stereocenters. The normalized spacial score (nSPS) is 13.0. The Balaban J connectivity index is 1.12. The van der Waals surface area contributed by atoms with Gasteiger partial charge >= 0.3 is 0 Å². The van der Waals surface area contributed by atoms with E-state index in [4.69, 9.17) is 48.4 Å². The van der Waals surface area contributed by atoms with E-state index in [2.05, 4.69) is 20.7 Å². The number of rotatable bonds is 7. The Hall–Kier alpha value is -5.41. The van der Waals surface area contributed by atoms with Crippen molar-refractivity contribution in [2.24, 2.45) is 21.1 Å². The van der Waals surface area contributed by atoms with Crippen molar-refractivity contribution in [3.63, 3.8) is 0 Å². The van der Waals surface area contributed by atoms with E-state index in [9.17, 15) is 0 Å². The van der Waals surface area contributed by atoms with Gasteiger partial charge in [-0.25, -0.2) is 19.9 Å². The standard InChI is InChI=1S/C38H30Cl2N12S2/c1-50-18-21(17-42-50)44-37-41-16-19-9-11-25-28(30(19)45-37)34(52(3)48-25)36-24(40)15-27(54-36)31-22-10-12-26-29(33(51(2)49-26)35-23(39)13-14-53-35)32(22)47-38(46-31)43-20-7-5-4-6-8-20/h4-8,13-18H,9-12H2,1-3H3,(H,41,44,45)(H,43,46,47). The molecule has 2 aliphatic carbocycles. The molecule has 0 spiro atoms. The molecule has 7 heterocycles. The van der Waals surface area contributed by atoms with Crippen molar-refractivity contribution in [2.45, 2.75) is 25.7 Å². The van der Waals surface area contributed by atoms with Crippen LogP contribution in [0.5, 0.6) is 0 Å². The first-order chi connectivity index (χ1) is 26.3. The van der Waals surface area contributed by atoms with Crippen LogP contribution in [-0.4, -0.2) is 49.3 Å². The maximum atomic E-state index is 7.25. The quantitative estimate of drug-likeness (QED) is 0.163. The van der Waals surface area contributed by atoms with Gasteiger partial charge in [-0.3, -0.25) is 14.0 Å². The second-order valence-corrected chi connectivity index (χ2v) is 16.1. The average molecular weight is 790 g/mol. The molecule has 0 unspecified atom stereocenters. The van der Waals surface area contributed by atoms with Gasteiger partial charge in [0.2, 0.25) is 11.9 Å². The van der Waals surface area contributed by atoms with Crippen molar-refractivity contribution in [1.29, 1.82) is 0 Å². The molecule has 8 aromatic rings. The van der Waals surface area contributed by atoms with Gasteiger partial charge in [0.1, 0.15) is 0 Å². The third kappa shape index (κ3) is 5.51. The number of hydrogen-bond acceptors (Lipinski definition) is 11. The van der Waals surface area contributed by atoms with Gasteiger partial charge in [-0.05, 0) is 60.9 Å². The smallest absolute Gasteiger partial charge is 0.228 e. The van der Waals surface area contributed by atoms with Crippen molar-refractivity contribution < 1.29 is 0 Å². The number of para-hydroxylation sites is 1. The molecule has 12 nitrogen and oxygen atoms in total. The molecule has 268 valence electrons. The maximum Gasteiger partial charge on any atom is 0.228 e. The molecule has 0 radical (unpaired) electrons. The van der Waals surface area contributed by atoms with E-state index in [1.54, 1.807) is 33.6 Å². The van der Waals surface area contributed by atoms with Crippen LogP contribution in [-0.2, 0) is 46.8 Å². The molecule has 0 aliphatic heterocycles. The average Bonchev–Trinajstić information content (AvgIpc) is 3.99. The van der Waals surface area contributed by atoms with Crippen LogP contribution in [0.3, 0.4) is 0 Å². The van der Waals surface area contributed by atoms with Gasteiger partial charge in [0.15, 0.2) is 0 Å². The van der Waals surface area contributed by atoms with Gasteiger partial charge in [-0.1, -0.05) is 41.4 Å². The van der Waals surface area contributed by atoms with E-state index in [1.807, 2.05) is 90.7 Å². The maximum absolute atomic E-state index is 7.25. The van der Waals surface area contributed by atoms with Crippen LogP contribution in [0.2, 0.25) is 10.0 Å². The first-order valence-corrected chi connectivity index (χ1v) is 19.7. The number of thiophene rings is 2. The number of aromatic nitrogens is 10. The molecular weight excluding hydrogens is 760 g/mol. The molecule has 16 heteroatoms. The molecular formula is C38H30Cl2N12S2. The topological polar surface area (TPSA) is 129 Å². The number of nitrogens with one attached hydrogen (secondary N) is 2. The second kappa shape index (κ2) is 12.9.